The Morgan fingerprint density at radius 3 is 3.12 bits per heavy atom. The van der Waals surface area contributed by atoms with Crippen molar-refractivity contribution in [1.82, 2.24) is 30.1 Å². The van der Waals surface area contributed by atoms with Gasteiger partial charge in [0, 0.05) is 31.5 Å². The molecule has 1 aliphatic rings. The summed E-state index contributed by atoms with van der Waals surface area (Å²) in [5, 5.41) is 9.92. The minimum absolute atomic E-state index is 0.224. The van der Waals surface area contributed by atoms with Crippen LogP contribution < -0.4 is 5.32 Å². The van der Waals surface area contributed by atoms with E-state index in [0.29, 0.717) is 18.5 Å². The van der Waals surface area contributed by atoms with Gasteiger partial charge in [-0.05, 0) is 44.3 Å². The lowest BCUT2D eigenvalue weighted by molar-refractivity contribution is 0.0919. The number of nitrogens with one attached hydrogen (secondary N) is 1. The van der Waals surface area contributed by atoms with Gasteiger partial charge in [0.1, 0.15) is 12.0 Å². The van der Waals surface area contributed by atoms with Crippen LogP contribution in [0.3, 0.4) is 0 Å². The quantitative estimate of drug-likeness (QED) is 0.862. The van der Waals surface area contributed by atoms with E-state index in [1.807, 2.05) is 12.4 Å². The first-order valence-electron chi connectivity index (χ1n) is 8.43. The number of carbonyl (C=O) groups excluding carboxylic acids is 1. The Kier molecular flexibility index (Phi) is 5.24. The van der Waals surface area contributed by atoms with Gasteiger partial charge in [-0.1, -0.05) is 5.16 Å². The van der Waals surface area contributed by atoms with E-state index in [1.54, 1.807) is 0 Å². The molecule has 8 heteroatoms. The third-order valence-corrected chi connectivity index (χ3v) is 4.42. The van der Waals surface area contributed by atoms with Gasteiger partial charge in [-0.25, -0.2) is 9.61 Å². The van der Waals surface area contributed by atoms with Crippen LogP contribution in [0.2, 0.25) is 0 Å². The Hall–Kier alpha value is -2.22. The maximum Gasteiger partial charge on any atom is 0.275 e. The number of hydrogen-bond acceptors (Lipinski definition) is 6. The van der Waals surface area contributed by atoms with E-state index < -0.39 is 0 Å². The maximum absolute atomic E-state index is 11.9. The molecule has 3 heterocycles. The molecular weight excluding hydrogens is 308 g/mol. The van der Waals surface area contributed by atoms with Crippen LogP contribution in [-0.4, -0.2) is 50.3 Å². The number of amides is 1. The fourth-order valence-electron chi connectivity index (χ4n) is 3.19. The van der Waals surface area contributed by atoms with Crippen LogP contribution in [0.4, 0.5) is 0 Å². The van der Waals surface area contributed by atoms with E-state index in [1.165, 1.54) is 6.20 Å². The molecular formula is C16H24N6O2. The number of carbonyl (C=O) groups is 1. The minimum atomic E-state index is -0.233. The molecule has 24 heavy (non-hydrogen) atoms. The highest BCUT2D eigenvalue weighted by molar-refractivity contribution is 5.91. The first kappa shape index (κ1) is 16.6. The highest BCUT2D eigenvalue weighted by Crippen LogP contribution is 2.19. The average Bonchev–Trinajstić information content (AvgIpc) is 3.24. The van der Waals surface area contributed by atoms with Gasteiger partial charge < -0.3 is 9.88 Å². The largest absolute Gasteiger partial charge is 0.350 e. The number of imidazole rings is 1. The zero-order valence-corrected chi connectivity index (χ0v) is 14.2. The van der Waals surface area contributed by atoms with Crippen molar-refractivity contribution in [3.05, 3.63) is 30.1 Å². The fraction of sp³-hybridized carbons (Fsp3) is 0.625. The van der Waals surface area contributed by atoms with Crippen molar-refractivity contribution in [2.75, 3.05) is 19.6 Å². The molecule has 3 rings (SSSR count). The zero-order chi connectivity index (χ0) is 16.9. The van der Waals surface area contributed by atoms with Crippen molar-refractivity contribution in [2.45, 2.75) is 39.3 Å². The van der Waals surface area contributed by atoms with E-state index in [0.717, 1.165) is 38.3 Å². The molecule has 1 atom stereocenters. The lowest BCUT2D eigenvalue weighted by Crippen LogP contribution is -2.41. The lowest BCUT2D eigenvalue weighted by atomic mass is 9.98. The van der Waals surface area contributed by atoms with E-state index >= 15 is 0 Å². The van der Waals surface area contributed by atoms with Gasteiger partial charge in [-0.3, -0.25) is 9.69 Å². The van der Waals surface area contributed by atoms with E-state index in [4.69, 9.17) is 0 Å². The van der Waals surface area contributed by atoms with E-state index in [-0.39, 0.29) is 11.6 Å². The molecule has 0 spiro atoms. The Labute approximate surface area is 141 Å². The topological polar surface area (TPSA) is 89.1 Å². The van der Waals surface area contributed by atoms with Gasteiger partial charge in [0.25, 0.3) is 5.91 Å². The van der Waals surface area contributed by atoms with Crippen molar-refractivity contribution in [3.63, 3.8) is 0 Å². The Balaban J connectivity index is 1.51. The molecule has 1 fully saturated rings. The van der Waals surface area contributed by atoms with Crippen LogP contribution in [0.15, 0.2) is 23.2 Å². The smallest absolute Gasteiger partial charge is 0.275 e. The molecule has 2 aromatic heterocycles. The summed E-state index contributed by atoms with van der Waals surface area (Å²) < 4.78 is 6.67. The highest BCUT2D eigenvalue weighted by Gasteiger charge is 2.22. The second-order valence-electron chi connectivity index (χ2n) is 6.59. The molecule has 2 aromatic rings. The SMILES string of the molecule is CC(C)n1ccnc1CN1CCC[C@H](CNC(=O)c2cnon2)C1. The Morgan fingerprint density at radius 2 is 2.38 bits per heavy atom. The number of nitrogens with zero attached hydrogens (tertiary/aromatic N) is 5. The minimum Gasteiger partial charge on any atom is -0.350 e. The third kappa shape index (κ3) is 4.00. The van der Waals surface area contributed by atoms with Crippen LogP contribution in [0, 0.1) is 5.92 Å². The summed E-state index contributed by atoms with van der Waals surface area (Å²) in [5.74, 6) is 1.30. The Bertz CT molecular complexity index is 651. The lowest BCUT2D eigenvalue weighted by Gasteiger charge is -2.32. The molecule has 1 aliphatic heterocycles. The van der Waals surface area contributed by atoms with Crippen molar-refractivity contribution in [1.29, 1.82) is 0 Å². The first-order valence-corrected chi connectivity index (χ1v) is 8.43. The molecule has 0 aromatic carbocycles. The third-order valence-electron chi connectivity index (χ3n) is 4.42. The summed E-state index contributed by atoms with van der Waals surface area (Å²) in [4.78, 5) is 18.8. The monoisotopic (exact) mass is 332 g/mol. The molecule has 130 valence electrons. The van der Waals surface area contributed by atoms with Gasteiger partial charge in [0.05, 0.1) is 6.54 Å². The predicted molar refractivity (Wildman–Crippen MR) is 87.2 cm³/mol. The molecule has 0 saturated carbocycles. The number of likely N-dealkylation sites (tertiary alicyclic amines) is 1. The summed E-state index contributed by atoms with van der Waals surface area (Å²) in [6.45, 7) is 7.85. The van der Waals surface area contributed by atoms with Crippen LogP contribution in [0.5, 0.6) is 0 Å². The Morgan fingerprint density at radius 1 is 1.50 bits per heavy atom. The van der Waals surface area contributed by atoms with Crippen LogP contribution in [0.25, 0.3) is 0 Å². The van der Waals surface area contributed by atoms with Gasteiger partial charge in [-0.2, -0.15) is 0 Å². The maximum atomic E-state index is 11.9. The summed E-state index contributed by atoms with van der Waals surface area (Å²) in [6.07, 6.45) is 7.48. The molecule has 0 aliphatic carbocycles. The van der Waals surface area contributed by atoms with Crippen LogP contribution in [0.1, 0.15) is 49.0 Å². The first-order chi connectivity index (χ1) is 11.6. The molecule has 0 unspecified atom stereocenters. The molecule has 0 bridgehead atoms. The molecule has 1 N–H and O–H groups in total. The van der Waals surface area contributed by atoms with Crippen LogP contribution >= 0.6 is 0 Å². The number of rotatable bonds is 6. The second kappa shape index (κ2) is 7.57. The second-order valence-corrected chi connectivity index (χ2v) is 6.59. The molecule has 1 saturated heterocycles. The standard InChI is InChI=1S/C16H24N6O2/c1-12(2)22-7-5-17-15(22)11-21-6-3-4-13(10-21)8-18-16(23)14-9-19-24-20-14/h5,7,9,12-13H,3-4,6,8,10-11H2,1-2H3,(H,18,23)/t13-/m1/s1. The van der Waals surface area contributed by atoms with E-state index in [9.17, 15) is 4.79 Å². The number of aromatic nitrogens is 4. The molecule has 1 amide bonds. The molecule has 0 radical (unpaired) electrons. The molecule has 8 nitrogen and oxygen atoms in total. The number of hydrogen-bond donors (Lipinski definition) is 1. The van der Waals surface area contributed by atoms with Crippen molar-refractivity contribution < 1.29 is 9.42 Å². The normalized spacial score (nSPS) is 18.9. The fourth-order valence-corrected chi connectivity index (χ4v) is 3.19. The average molecular weight is 332 g/mol. The summed E-state index contributed by atoms with van der Waals surface area (Å²) in [5.41, 5.74) is 0.224. The predicted octanol–water partition coefficient (Wildman–Crippen LogP) is 1.49. The van der Waals surface area contributed by atoms with Gasteiger partial charge in [0.2, 0.25) is 0 Å². The number of piperidine rings is 1. The van der Waals surface area contributed by atoms with Gasteiger partial charge in [0.15, 0.2) is 5.69 Å². The van der Waals surface area contributed by atoms with Crippen molar-refractivity contribution in [2.24, 2.45) is 5.92 Å². The van der Waals surface area contributed by atoms with Crippen molar-refractivity contribution in [3.8, 4) is 0 Å². The summed E-state index contributed by atoms with van der Waals surface area (Å²) >= 11 is 0. The summed E-state index contributed by atoms with van der Waals surface area (Å²) in [6, 6.07) is 0.415. The van der Waals surface area contributed by atoms with E-state index in [2.05, 4.69) is 48.6 Å². The van der Waals surface area contributed by atoms with Gasteiger partial charge in [-0.15, -0.1) is 0 Å². The van der Waals surface area contributed by atoms with Crippen molar-refractivity contribution >= 4 is 5.91 Å². The summed E-state index contributed by atoms with van der Waals surface area (Å²) in [7, 11) is 0. The zero-order valence-electron chi connectivity index (χ0n) is 14.2. The van der Waals surface area contributed by atoms with Gasteiger partial charge >= 0.3 is 0 Å². The highest BCUT2D eigenvalue weighted by atomic mass is 16.6. The van der Waals surface area contributed by atoms with Crippen LogP contribution in [-0.2, 0) is 6.54 Å².